The van der Waals surface area contributed by atoms with E-state index in [1.54, 1.807) is 0 Å². The molecule has 0 saturated carbocycles. The molecule has 0 saturated heterocycles. The van der Waals surface area contributed by atoms with Crippen LogP contribution in [-0.2, 0) is 0 Å². The molecule has 0 fully saturated rings. The predicted octanol–water partition coefficient (Wildman–Crippen LogP) is 3.12. The first kappa shape index (κ1) is 18.7. The fourth-order valence-electron chi connectivity index (χ4n) is 1.79. The molecule has 1 aromatic carbocycles. The first-order valence-electron chi connectivity index (χ1n) is 6.21. The van der Waals surface area contributed by atoms with E-state index in [1.165, 1.54) is 5.56 Å². The van der Waals surface area contributed by atoms with Crippen molar-refractivity contribution < 1.29 is 4.79 Å². The summed E-state index contributed by atoms with van der Waals surface area (Å²) >= 11 is 2.24. The van der Waals surface area contributed by atoms with Crippen molar-refractivity contribution in [2.45, 2.75) is 33.2 Å². The van der Waals surface area contributed by atoms with Crippen molar-refractivity contribution >= 4 is 40.9 Å². The molecule has 1 amide bonds. The standard InChI is InChI=1S/C14H21IN2O.ClH/c1-9(2)6-12(8-16)17-14(18)11-5-4-10(3)13(15)7-11;/h4-5,7,9,12H,6,8,16H2,1-3H3,(H,17,18);1H. The lowest BCUT2D eigenvalue weighted by atomic mass is 10.0. The molecule has 1 atom stereocenters. The van der Waals surface area contributed by atoms with E-state index in [1.807, 2.05) is 25.1 Å². The molecule has 0 spiro atoms. The van der Waals surface area contributed by atoms with Crippen LogP contribution in [0, 0.1) is 16.4 Å². The highest BCUT2D eigenvalue weighted by molar-refractivity contribution is 14.1. The Labute approximate surface area is 135 Å². The third kappa shape index (κ3) is 6.10. The van der Waals surface area contributed by atoms with Gasteiger partial charge < -0.3 is 11.1 Å². The summed E-state index contributed by atoms with van der Waals surface area (Å²) in [6.07, 6.45) is 0.908. The van der Waals surface area contributed by atoms with Crippen molar-refractivity contribution in [3.63, 3.8) is 0 Å². The largest absolute Gasteiger partial charge is 0.348 e. The van der Waals surface area contributed by atoms with E-state index in [0.29, 0.717) is 18.0 Å². The smallest absolute Gasteiger partial charge is 0.251 e. The van der Waals surface area contributed by atoms with Crippen molar-refractivity contribution in [3.05, 3.63) is 32.9 Å². The molecule has 0 aliphatic rings. The van der Waals surface area contributed by atoms with Gasteiger partial charge in [0.1, 0.15) is 0 Å². The maximum atomic E-state index is 12.1. The molecule has 0 bridgehead atoms. The molecule has 108 valence electrons. The van der Waals surface area contributed by atoms with Crippen LogP contribution in [0.3, 0.4) is 0 Å². The van der Waals surface area contributed by atoms with E-state index in [4.69, 9.17) is 5.73 Å². The fourth-order valence-corrected chi connectivity index (χ4v) is 2.30. The number of hydrogen-bond acceptors (Lipinski definition) is 2. The van der Waals surface area contributed by atoms with Gasteiger partial charge in [-0.15, -0.1) is 12.4 Å². The summed E-state index contributed by atoms with van der Waals surface area (Å²) in [7, 11) is 0. The van der Waals surface area contributed by atoms with Gasteiger partial charge in [0, 0.05) is 21.7 Å². The van der Waals surface area contributed by atoms with Gasteiger partial charge in [-0.3, -0.25) is 4.79 Å². The number of hydrogen-bond donors (Lipinski definition) is 2. The molecule has 1 rings (SSSR count). The molecular formula is C14H22ClIN2O. The maximum absolute atomic E-state index is 12.1. The van der Waals surface area contributed by atoms with Crippen LogP contribution < -0.4 is 11.1 Å². The fraction of sp³-hybridized carbons (Fsp3) is 0.500. The molecule has 0 heterocycles. The van der Waals surface area contributed by atoms with Crippen LogP contribution in [0.1, 0.15) is 36.2 Å². The summed E-state index contributed by atoms with van der Waals surface area (Å²) < 4.78 is 1.11. The quantitative estimate of drug-likeness (QED) is 0.751. The molecule has 1 unspecified atom stereocenters. The zero-order chi connectivity index (χ0) is 13.7. The van der Waals surface area contributed by atoms with Crippen molar-refractivity contribution in [2.24, 2.45) is 11.7 Å². The van der Waals surface area contributed by atoms with Gasteiger partial charge in [0.15, 0.2) is 0 Å². The highest BCUT2D eigenvalue weighted by atomic mass is 127. The van der Waals surface area contributed by atoms with E-state index < -0.39 is 0 Å². The van der Waals surface area contributed by atoms with E-state index in [9.17, 15) is 4.79 Å². The van der Waals surface area contributed by atoms with Crippen molar-refractivity contribution in [1.82, 2.24) is 5.32 Å². The number of nitrogens with two attached hydrogens (primary N) is 1. The Morgan fingerprint density at radius 1 is 1.42 bits per heavy atom. The summed E-state index contributed by atoms with van der Waals surface area (Å²) in [6.45, 7) is 6.77. The highest BCUT2D eigenvalue weighted by Crippen LogP contribution is 2.14. The first-order valence-corrected chi connectivity index (χ1v) is 7.29. The molecule has 0 radical (unpaired) electrons. The Morgan fingerprint density at radius 3 is 2.53 bits per heavy atom. The van der Waals surface area contributed by atoms with Gasteiger partial charge in [-0.05, 0) is 59.5 Å². The lowest BCUT2D eigenvalue weighted by molar-refractivity contribution is 0.0933. The number of nitrogens with one attached hydrogen (secondary N) is 1. The van der Waals surface area contributed by atoms with E-state index in [0.717, 1.165) is 9.99 Å². The number of amides is 1. The number of benzene rings is 1. The summed E-state index contributed by atoms with van der Waals surface area (Å²) in [4.78, 5) is 12.1. The third-order valence-corrected chi connectivity index (χ3v) is 3.97. The number of carbonyl (C=O) groups is 1. The van der Waals surface area contributed by atoms with Crippen LogP contribution in [0.2, 0.25) is 0 Å². The molecule has 3 N–H and O–H groups in total. The summed E-state index contributed by atoms with van der Waals surface area (Å²) in [5.41, 5.74) is 7.57. The molecule has 0 aromatic heterocycles. The van der Waals surface area contributed by atoms with E-state index in [2.05, 4.69) is 41.8 Å². The van der Waals surface area contributed by atoms with E-state index in [-0.39, 0.29) is 24.4 Å². The average Bonchev–Trinajstić information content (AvgIpc) is 2.31. The number of rotatable bonds is 5. The molecule has 19 heavy (non-hydrogen) atoms. The van der Waals surface area contributed by atoms with Gasteiger partial charge >= 0.3 is 0 Å². The Kier molecular flexibility index (Phi) is 8.61. The lowest BCUT2D eigenvalue weighted by Crippen LogP contribution is -2.41. The van der Waals surface area contributed by atoms with Crippen LogP contribution in [0.25, 0.3) is 0 Å². The first-order chi connectivity index (χ1) is 8.43. The highest BCUT2D eigenvalue weighted by Gasteiger charge is 2.14. The SMILES string of the molecule is Cc1ccc(C(=O)NC(CN)CC(C)C)cc1I.Cl. The van der Waals surface area contributed by atoms with Crippen LogP contribution in [-0.4, -0.2) is 18.5 Å². The van der Waals surface area contributed by atoms with Gasteiger partial charge in [0.2, 0.25) is 0 Å². The maximum Gasteiger partial charge on any atom is 0.251 e. The van der Waals surface area contributed by atoms with Crippen molar-refractivity contribution in [3.8, 4) is 0 Å². The summed E-state index contributed by atoms with van der Waals surface area (Å²) in [5.74, 6) is 0.487. The molecule has 3 nitrogen and oxygen atoms in total. The van der Waals surface area contributed by atoms with Crippen LogP contribution in [0.4, 0.5) is 0 Å². The van der Waals surface area contributed by atoms with Crippen LogP contribution in [0.5, 0.6) is 0 Å². The van der Waals surface area contributed by atoms with Gasteiger partial charge in [0.25, 0.3) is 5.91 Å². The summed E-state index contributed by atoms with van der Waals surface area (Å²) in [6, 6.07) is 5.79. The second-order valence-electron chi connectivity index (χ2n) is 5.00. The predicted molar refractivity (Wildman–Crippen MR) is 90.9 cm³/mol. The van der Waals surface area contributed by atoms with Gasteiger partial charge in [-0.25, -0.2) is 0 Å². The number of halogens is 2. The minimum Gasteiger partial charge on any atom is -0.348 e. The third-order valence-electron chi connectivity index (χ3n) is 2.81. The molecule has 5 heteroatoms. The normalized spacial score (nSPS) is 11.9. The van der Waals surface area contributed by atoms with Crippen LogP contribution in [0.15, 0.2) is 18.2 Å². The minimum absolute atomic E-state index is 0. The zero-order valence-electron chi connectivity index (χ0n) is 11.6. The molecule has 0 aliphatic heterocycles. The molecular weight excluding hydrogens is 375 g/mol. The van der Waals surface area contributed by atoms with Gasteiger partial charge in [-0.1, -0.05) is 19.9 Å². The molecule has 0 aliphatic carbocycles. The molecule has 1 aromatic rings. The van der Waals surface area contributed by atoms with Crippen molar-refractivity contribution in [2.75, 3.05) is 6.54 Å². The monoisotopic (exact) mass is 396 g/mol. The van der Waals surface area contributed by atoms with Crippen molar-refractivity contribution in [1.29, 1.82) is 0 Å². The second-order valence-corrected chi connectivity index (χ2v) is 6.16. The Morgan fingerprint density at radius 2 is 2.05 bits per heavy atom. The van der Waals surface area contributed by atoms with E-state index >= 15 is 0 Å². The minimum atomic E-state index is -0.0379. The Balaban J connectivity index is 0.00000324. The van der Waals surface area contributed by atoms with Gasteiger partial charge in [-0.2, -0.15) is 0 Å². The lowest BCUT2D eigenvalue weighted by Gasteiger charge is -2.19. The van der Waals surface area contributed by atoms with Gasteiger partial charge in [0.05, 0.1) is 0 Å². The average molecular weight is 397 g/mol. The topological polar surface area (TPSA) is 55.1 Å². The van der Waals surface area contributed by atoms with Crippen LogP contribution >= 0.6 is 35.0 Å². The number of aryl methyl sites for hydroxylation is 1. The zero-order valence-corrected chi connectivity index (χ0v) is 14.5. The Hall–Kier alpha value is -0.330. The summed E-state index contributed by atoms with van der Waals surface area (Å²) in [5, 5.41) is 2.99. The number of carbonyl (C=O) groups excluding carboxylic acids is 1. The Bertz CT molecular complexity index is 424. The second kappa shape index (κ2) is 8.76.